The Morgan fingerprint density at radius 2 is 1.94 bits per heavy atom. The minimum atomic E-state index is -1.03. The molecule has 0 aliphatic rings. The number of hydrogen-bond acceptors (Lipinski definition) is 6. The van der Waals surface area contributed by atoms with Crippen molar-refractivity contribution in [2.75, 3.05) is 19.8 Å². The molecule has 0 saturated heterocycles. The standard InChI is InChI=1S/C10H18N2O3S/c1-2-9-12-8(4-16-9)3-11-10(5-13,6-14)7-15/h4,11,13-15H,2-3,5-7H2,1H3. The second kappa shape index (κ2) is 6.27. The first kappa shape index (κ1) is 13.5. The van der Waals surface area contributed by atoms with Gasteiger partial charge in [-0.05, 0) is 6.42 Å². The molecule has 0 spiro atoms. The molecule has 0 atom stereocenters. The minimum Gasteiger partial charge on any atom is -0.394 e. The van der Waals surface area contributed by atoms with Gasteiger partial charge in [0.05, 0.1) is 36.1 Å². The zero-order valence-electron chi connectivity index (χ0n) is 9.31. The summed E-state index contributed by atoms with van der Waals surface area (Å²) >= 11 is 1.58. The smallest absolute Gasteiger partial charge is 0.0926 e. The Morgan fingerprint density at radius 1 is 1.31 bits per heavy atom. The summed E-state index contributed by atoms with van der Waals surface area (Å²) in [6.07, 6.45) is 0.899. The van der Waals surface area contributed by atoms with Gasteiger partial charge in [-0.1, -0.05) is 6.92 Å². The zero-order valence-corrected chi connectivity index (χ0v) is 10.1. The second-order valence-corrected chi connectivity index (χ2v) is 4.64. The number of aliphatic hydroxyl groups excluding tert-OH is 3. The molecule has 1 rings (SSSR count). The van der Waals surface area contributed by atoms with Crippen LogP contribution in [-0.2, 0) is 13.0 Å². The normalized spacial score (nSPS) is 12.0. The first-order valence-electron chi connectivity index (χ1n) is 5.20. The summed E-state index contributed by atoms with van der Waals surface area (Å²) < 4.78 is 0. The van der Waals surface area contributed by atoms with Crippen LogP contribution >= 0.6 is 11.3 Å². The lowest BCUT2D eigenvalue weighted by Gasteiger charge is -2.28. The molecule has 0 aliphatic carbocycles. The highest BCUT2D eigenvalue weighted by atomic mass is 32.1. The van der Waals surface area contributed by atoms with E-state index in [1.807, 2.05) is 12.3 Å². The van der Waals surface area contributed by atoms with Crippen molar-refractivity contribution in [2.24, 2.45) is 0 Å². The second-order valence-electron chi connectivity index (χ2n) is 3.69. The first-order chi connectivity index (χ1) is 7.69. The third-order valence-corrected chi connectivity index (χ3v) is 3.50. The molecule has 0 aromatic carbocycles. The van der Waals surface area contributed by atoms with E-state index in [4.69, 9.17) is 15.3 Å². The van der Waals surface area contributed by atoms with Crippen LogP contribution in [0.1, 0.15) is 17.6 Å². The highest BCUT2D eigenvalue weighted by Crippen LogP contribution is 2.11. The van der Waals surface area contributed by atoms with Crippen LogP contribution in [0.4, 0.5) is 0 Å². The lowest BCUT2D eigenvalue weighted by Crippen LogP contribution is -2.54. The molecular formula is C10H18N2O3S. The van der Waals surface area contributed by atoms with E-state index in [1.165, 1.54) is 0 Å². The minimum absolute atomic E-state index is 0.315. The lowest BCUT2D eigenvalue weighted by molar-refractivity contribution is 0.0412. The lowest BCUT2D eigenvalue weighted by atomic mass is 10.0. The molecular weight excluding hydrogens is 228 g/mol. The Labute approximate surface area is 98.8 Å². The number of aromatic nitrogens is 1. The van der Waals surface area contributed by atoms with E-state index in [0.29, 0.717) is 6.54 Å². The first-order valence-corrected chi connectivity index (χ1v) is 6.08. The Hall–Kier alpha value is -0.530. The third-order valence-electron chi connectivity index (χ3n) is 2.45. The van der Waals surface area contributed by atoms with Crippen LogP contribution < -0.4 is 5.32 Å². The van der Waals surface area contributed by atoms with Gasteiger partial charge in [0.15, 0.2) is 0 Å². The summed E-state index contributed by atoms with van der Waals surface area (Å²) in [6.45, 7) is 1.52. The van der Waals surface area contributed by atoms with Gasteiger partial charge in [0.1, 0.15) is 0 Å². The maximum atomic E-state index is 9.11. The van der Waals surface area contributed by atoms with Crippen molar-refractivity contribution >= 4 is 11.3 Å². The van der Waals surface area contributed by atoms with Crippen molar-refractivity contribution in [3.8, 4) is 0 Å². The topological polar surface area (TPSA) is 85.6 Å². The molecule has 0 radical (unpaired) electrons. The van der Waals surface area contributed by atoms with E-state index >= 15 is 0 Å². The highest BCUT2D eigenvalue weighted by Gasteiger charge is 2.27. The summed E-state index contributed by atoms with van der Waals surface area (Å²) in [6, 6.07) is 0. The molecule has 4 N–H and O–H groups in total. The van der Waals surface area contributed by atoms with Crippen LogP contribution in [0.15, 0.2) is 5.38 Å². The Bertz CT molecular complexity index is 305. The predicted octanol–water partition coefficient (Wildman–Crippen LogP) is -0.489. The van der Waals surface area contributed by atoms with Gasteiger partial charge in [-0.3, -0.25) is 5.32 Å². The van der Waals surface area contributed by atoms with Crippen molar-refractivity contribution in [3.63, 3.8) is 0 Å². The summed E-state index contributed by atoms with van der Waals surface area (Å²) in [5, 5.41) is 33.2. The largest absolute Gasteiger partial charge is 0.394 e. The quantitative estimate of drug-likeness (QED) is 0.522. The Kier molecular flexibility index (Phi) is 5.30. The molecule has 1 heterocycles. The molecule has 16 heavy (non-hydrogen) atoms. The molecule has 0 fully saturated rings. The third kappa shape index (κ3) is 3.23. The van der Waals surface area contributed by atoms with Gasteiger partial charge in [0, 0.05) is 11.9 Å². The summed E-state index contributed by atoms with van der Waals surface area (Å²) in [4.78, 5) is 4.35. The van der Waals surface area contributed by atoms with Gasteiger partial charge < -0.3 is 15.3 Å². The molecule has 5 nitrogen and oxygen atoms in total. The summed E-state index contributed by atoms with van der Waals surface area (Å²) in [5.74, 6) is 0. The van der Waals surface area contributed by atoms with Crippen LogP contribution in [0.5, 0.6) is 0 Å². The van der Waals surface area contributed by atoms with Gasteiger partial charge in [-0.2, -0.15) is 0 Å². The monoisotopic (exact) mass is 246 g/mol. The number of nitrogens with one attached hydrogen (secondary N) is 1. The van der Waals surface area contributed by atoms with E-state index in [1.54, 1.807) is 11.3 Å². The molecule has 6 heteroatoms. The maximum absolute atomic E-state index is 9.11. The van der Waals surface area contributed by atoms with Crippen LogP contribution in [0.3, 0.4) is 0 Å². The molecule has 0 aliphatic heterocycles. The van der Waals surface area contributed by atoms with Gasteiger partial charge in [0.2, 0.25) is 0 Å². The Balaban J connectivity index is 2.55. The summed E-state index contributed by atoms with van der Waals surface area (Å²) in [5.41, 5.74) is -0.169. The average molecular weight is 246 g/mol. The average Bonchev–Trinajstić information content (AvgIpc) is 2.80. The van der Waals surface area contributed by atoms with E-state index in [9.17, 15) is 0 Å². The van der Waals surface area contributed by atoms with E-state index < -0.39 is 5.54 Å². The van der Waals surface area contributed by atoms with Crippen molar-refractivity contribution in [2.45, 2.75) is 25.4 Å². The van der Waals surface area contributed by atoms with Crippen molar-refractivity contribution in [3.05, 3.63) is 16.1 Å². The van der Waals surface area contributed by atoms with Gasteiger partial charge in [0.25, 0.3) is 0 Å². The van der Waals surface area contributed by atoms with Crippen LogP contribution in [0.25, 0.3) is 0 Å². The number of aryl methyl sites for hydroxylation is 1. The van der Waals surface area contributed by atoms with Crippen molar-refractivity contribution in [1.29, 1.82) is 0 Å². The fraction of sp³-hybridized carbons (Fsp3) is 0.700. The van der Waals surface area contributed by atoms with Crippen molar-refractivity contribution < 1.29 is 15.3 Å². The molecule has 0 unspecified atom stereocenters. The molecule has 0 amide bonds. The molecule has 1 aromatic rings. The SMILES string of the molecule is CCc1nc(CNC(CO)(CO)CO)cs1. The Morgan fingerprint density at radius 3 is 2.38 bits per heavy atom. The van der Waals surface area contributed by atoms with E-state index in [0.717, 1.165) is 17.1 Å². The highest BCUT2D eigenvalue weighted by molar-refractivity contribution is 7.09. The number of thiazole rings is 1. The predicted molar refractivity (Wildman–Crippen MR) is 62.3 cm³/mol. The van der Waals surface area contributed by atoms with Gasteiger partial charge >= 0.3 is 0 Å². The van der Waals surface area contributed by atoms with Crippen LogP contribution in [0, 0.1) is 0 Å². The maximum Gasteiger partial charge on any atom is 0.0926 e. The summed E-state index contributed by atoms with van der Waals surface area (Å²) in [7, 11) is 0. The van der Waals surface area contributed by atoms with Gasteiger partial charge in [-0.25, -0.2) is 4.98 Å². The zero-order chi connectivity index (χ0) is 12.0. The number of hydrogen-bond donors (Lipinski definition) is 4. The van der Waals surface area contributed by atoms with Gasteiger partial charge in [-0.15, -0.1) is 11.3 Å². The number of aliphatic hydroxyl groups is 3. The molecule has 0 saturated carbocycles. The van der Waals surface area contributed by atoms with Crippen LogP contribution in [0.2, 0.25) is 0 Å². The fourth-order valence-corrected chi connectivity index (χ4v) is 1.93. The van der Waals surface area contributed by atoms with E-state index in [-0.39, 0.29) is 19.8 Å². The fourth-order valence-electron chi connectivity index (χ4n) is 1.19. The number of rotatable bonds is 7. The van der Waals surface area contributed by atoms with Crippen molar-refractivity contribution in [1.82, 2.24) is 10.3 Å². The number of nitrogens with zero attached hydrogens (tertiary/aromatic N) is 1. The van der Waals surface area contributed by atoms with E-state index in [2.05, 4.69) is 10.3 Å². The molecule has 0 bridgehead atoms. The van der Waals surface area contributed by atoms with Crippen LogP contribution in [-0.4, -0.2) is 45.7 Å². The molecule has 92 valence electrons. The molecule has 1 aromatic heterocycles.